The third-order valence-electron chi connectivity index (χ3n) is 3.69. The van der Waals surface area contributed by atoms with Gasteiger partial charge in [0.15, 0.2) is 0 Å². The second-order valence-corrected chi connectivity index (χ2v) is 4.92. The number of imidazole rings is 1. The first kappa shape index (κ1) is 10.6. The van der Waals surface area contributed by atoms with Gasteiger partial charge in [0.2, 0.25) is 0 Å². The molecule has 1 aliphatic rings. The molecule has 1 aromatic carbocycles. The first-order chi connectivity index (χ1) is 8.35. The average Bonchev–Trinajstić information content (AvgIpc) is 2.96. The maximum Gasteiger partial charge on any atom is 0.121 e. The van der Waals surface area contributed by atoms with Crippen LogP contribution in [0.15, 0.2) is 18.2 Å². The number of H-pyrrole nitrogens is 1. The Bertz CT molecular complexity index is 512. The van der Waals surface area contributed by atoms with Crippen LogP contribution in [-0.4, -0.2) is 17.1 Å². The number of methoxy groups -OCH3 is 1. The van der Waals surface area contributed by atoms with E-state index in [4.69, 9.17) is 4.74 Å². The minimum absolute atomic E-state index is 0.831. The minimum Gasteiger partial charge on any atom is -0.497 e. The smallest absolute Gasteiger partial charge is 0.121 e. The molecule has 0 spiro atoms. The first-order valence-corrected chi connectivity index (χ1v) is 6.38. The SMILES string of the molecule is COc1ccc2nc(CC3CCCC3)[nH]c2c1. The van der Waals surface area contributed by atoms with Gasteiger partial charge in [-0.1, -0.05) is 25.7 Å². The normalized spacial score (nSPS) is 16.8. The lowest BCUT2D eigenvalue weighted by Crippen LogP contribution is -2.00. The zero-order valence-electron chi connectivity index (χ0n) is 10.2. The maximum absolute atomic E-state index is 5.22. The summed E-state index contributed by atoms with van der Waals surface area (Å²) in [6, 6.07) is 5.99. The van der Waals surface area contributed by atoms with E-state index in [1.165, 1.54) is 25.7 Å². The second-order valence-electron chi connectivity index (χ2n) is 4.92. The van der Waals surface area contributed by atoms with Gasteiger partial charge in [0.25, 0.3) is 0 Å². The van der Waals surface area contributed by atoms with Crippen molar-refractivity contribution < 1.29 is 4.74 Å². The largest absolute Gasteiger partial charge is 0.497 e. The van der Waals surface area contributed by atoms with Crippen LogP contribution < -0.4 is 4.74 Å². The van der Waals surface area contributed by atoms with Gasteiger partial charge in [0, 0.05) is 12.5 Å². The van der Waals surface area contributed by atoms with Crippen LogP contribution in [0.1, 0.15) is 31.5 Å². The van der Waals surface area contributed by atoms with Gasteiger partial charge in [-0.15, -0.1) is 0 Å². The summed E-state index contributed by atoms with van der Waals surface area (Å²) in [6.07, 6.45) is 6.59. The van der Waals surface area contributed by atoms with Crippen molar-refractivity contribution in [1.82, 2.24) is 9.97 Å². The molecule has 17 heavy (non-hydrogen) atoms. The number of benzene rings is 1. The summed E-state index contributed by atoms with van der Waals surface area (Å²) < 4.78 is 5.22. The van der Waals surface area contributed by atoms with E-state index in [1.807, 2.05) is 18.2 Å². The van der Waals surface area contributed by atoms with E-state index in [1.54, 1.807) is 7.11 Å². The molecule has 3 nitrogen and oxygen atoms in total. The van der Waals surface area contributed by atoms with Gasteiger partial charge in [-0.2, -0.15) is 0 Å². The molecule has 2 aromatic rings. The Morgan fingerprint density at radius 1 is 1.35 bits per heavy atom. The molecular weight excluding hydrogens is 212 g/mol. The van der Waals surface area contributed by atoms with Crippen molar-refractivity contribution >= 4 is 11.0 Å². The van der Waals surface area contributed by atoms with Crippen LogP contribution in [-0.2, 0) is 6.42 Å². The number of fused-ring (bicyclic) bond motifs is 1. The van der Waals surface area contributed by atoms with Gasteiger partial charge in [0.05, 0.1) is 18.1 Å². The zero-order chi connectivity index (χ0) is 11.7. The molecular formula is C14H18N2O. The van der Waals surface area contributed by atoms with Crippen LogP contribution in [0.2, 0.25) is 0 Å². The van der Waals surface area contributed by atoms with Gasteiger partial charge < -0.3 is 9.72 Å². The summed E-state index contributed by atoms with van der Waals surface area (Å²) in [5, 5.41) is 0. The molecule has 1 aromatic heterocycles. The van der Waals surface area contributed by atoms with E-state index >= 15 is 0 Å². The Morgan fingerprint density at radius 2 is 2.18 bits per heavy atom. The molecule has 0 bridgehead atoms. The molecule has 1 aliphatic carbocycles. The van der Waals surface area contributed by atoms with E-state index in [0.717, 1.165) is 34.9 Å². The Labute approximate surface area is 101 Å². The molecule has 1 fully saturated rings. The molecule has 0 radical (unpaired) electrons. The quantitative estimate of drug-likeness (QED) is 0.878. The summed E-state index contributed by atoms with van der Waals surface area (Å²) in [7, 11) is 1.69. The highest BCUT2D eigenvalue weighted by Crippen LogP contribution is 2.28. The van der Waals surface area contributed by atoms with Crippen LogP contribution in [0.3, 0.4) is 0 Å². The van der Waals surface area contributed by atoms with Crippen LogP contribution in [0.4, 0.5) is 0 Å². The lowest BCUT2D eigenvalue weighted by atomic mass is 10.0. The lowest BCUT2D eigenvalue weighted by molar-refractivity contribution is 0.415. The second kappa shape index (κ2) is 4.40. The summed E-state index contributed by atoms with van der Waals surface area (Å²) >= 11 is 0. The topological polar surface area (TPSA) is 37.9 Å². The average molecular weight is 230 g/mol. The number of hydrogen-bond donors (Lipinski definition) is 1. The van der Waals surface area contributed by atoms with Crippen LogP contribution in [0.5, 0.6) is 5.75 Å². The van der Waals surface area contributed by atoms with Gasteiger partial charge in [-0.3, -0.25) is 0 Å². The standard InChI is InChI=1S/C14H18N2O/c1-17-11-6-7-12-13(9-11)16-14(15-12)8-10-4-2-3-5-10/h6-7,9-10H,2-5,8H2,1H3,(H,15,16). The molecule has 0 unspecified atom stereocenters. The van der Waals surface area contributed by atoms with Gasteiger partial charge in [0.1, 0.15) is 11.6 Å². The van der Waals surface area contributed by atoms with Crippen molar-refractivity contribution in [2.45, 2.75) is 32.1 Å². The predicted molar refractivity (Wildman–Crippen MR) is 68.3 cm³/mol. The Kier molecular flexibility index (Phi) is 2.75. The molecule has 0 saturated heterocycles. The fourth-order valence-electron chi connectivity index (χ4n) is 2.75. The Hall–Kier alpha value is -1.51. The number of hydrogen-bond acceptors (Lipinski definition) is 2. The molecule has 1 saturated carbocycles. The third kappa shape index (κ3) is 2.14. The number of aromatic amines is 1. The highest BCUT2D eigenvalue weighted by molar-refractivity contribution is 5.76. The number of aromatic nitrogens is 2. The van der Waals surface area contributed by atoms with Crippen molar-refractivity contribution in [2.24, 2.45) is 5.92 Å². The Balaban J connectivity index is 1.85. The number of ether oxygens (including phenoxy) is 1. The van der Waals surface area contributed by atoms with Crippen molar-refractivity contribution in [3.63, 3.8) is 0 Å². The van der Waals surface area contributed by atoms with Crippen LogP contribution >= 0.6 is 0 Å². The summed E-state index contributed by atoms with van der Waals surface area (Å²) in [6.45, 7) is 0. The molecule has 1 heterocycles. The molecule has 3 heteroatoms. The number of nitrogens with one attached hydrogen (secondary N) is 1. The molecule has 0 atom stereocenters. The molecule has 0 amide bonds. The fourth-order valence-corrected chi connectivity index (χ4v) is 2.75. The lowest BCUT2D eigenvalue weighted by Gasteiger charge is -2.04. The third-order valence-corrected chi connectivity index (χ3v) is 3.69. The fraction of sp³-hybridized carbons (Fsp3) is 0.500. The van der Waals surface area contributed by atoms with Crippen LogP contribution in [0.25, 0.3) is 11.0 Å². The molecule has 0 aliphatic heterocycles. The minimum atomic E-state index is 0.831. The van der Waals surface area contributed by atoms with Crippen LogP contribution in [0, 0.1) is 5.92 Å². The van der Waals surface area contributed by atoms with E-state index in [2.05, 4.69) is 9.97 Å². The van der Waals surface area contributed by atoms with Crippen molar-refractivity contribution in [1.29, 1.82) is 0 Å². The van der Waals surface area contributed by atoms with E-state index in [9.17, 15) is 0 Å². The highest BCUT2D eigenvalue weighted by atomic mass is 16.5. The number of rotatable bonds is 3. The van der Waals surface area contributed by atoms with E-state index in [-0.39, 0.29) is 0 Å². The van der Waals surface area contributed by atoms with Gasteiger partial charge in [-0.05, 0) is 18.1 Å². The predicted octanol–water partition coefficient (Wildman–Crippen LogP) is 3.30. The summed E-state index contributed by atoms with van der Waals surface area (Å²) in [5.74, 6) is 2.84. The summed E-state index contributed by atoms with van der Waals surface area (Å²) in [4.78, 5) is 8.05. The molecule has 3 rings (SSSR count). The zero-order valence-corrected chi connectivity index (χ0v) is 10.2. The molecule has 90 valence electrons. The highest BCUT2D eigenvalue weighted by Gasteiger charge is 2.17. The maximum atomic E-state index is 5.22. The van der Waals surface area contributed by atoms with Crippen molar-refractivity contribution in [2.75, 3.05) is 7.11 Å². The first-order valence-electron chi connectivity index (χ1n) is 6.38. The number of nitrogens with zero attached hydrogens (tertiary/aromatic N) is 1. The van der Waals surface area contributed by atoms with Gasteiger partial charge >= 0.3 is 0 Å². The van der Waals surface area contributed by atoms with Crippen molar-refractivity contribution in [3.8, 4) is 5.75 Å². The Morgan fingerprint density at radius 3 is 2.94 bits per heavy atom. The van der Waals surface area contributed by atoms with E-state index in [0.29, 0.717) is 0 Å². The van der Waals surface area contributed by atoms with E-state index < -0.39 is 0 Å². The molecule has 1 N–H and O–H groups in total. The van der Waals surface area contributed by atoms with Gasteiger partial charge in [-0.25, -0.2) is 4.98 Å². The van der Waals surface area contributed by atoms with Crippen molar-refractivity contribution in [3.05, 3.63) is 24.0 Å². The summed E-state index contributed by atoms with van der Waals surface area (Å²) in [5.41, 5.74) is 2.12. The monoisotopic (exact) mass is 230 g/mol.